The molecule has 0 fully saturated rings. The maximum Gasteiger partial charge on any atom is 0.242 e. The fourth-order valence-corrected chi connectivity index (χ4v) is 5.06. The van der Waals surface area contributed by atoms with Crippen LogP contribution in [-0.2, 0) is 26.2 Å². The summed E-state index contributed by atoms with van der Waals surface area (Å²) in [6.07, 6.45) is 3.34. The molecule has 8 nitrogen and oxygen atoms in total. The summed E-state index contributed by atoms with van der Waals surface area (Å²) in [7, 11) is -3.61. The van der Waals surface area contributed by atoms with Gasteiger partial charge in [0.1, 0.15) is 11.8 Å². The molecule has 0 aromatic heterocycles. The van der Waals surface area contributed by atoms with E-state index in [4.69, 9.17) is 4.74 Å². The molecule has 0 bridgehead atoms. The summed E-state index contributed by atoms with van der Waals surface area (Å²) in [6, 6.07) is 13.9. The van der Waals surface area contributed by atoms with Gasteiger partial charge in [0.05, 0.1) is 18.6 Å². The number of carbonyl (C=O) groups excluding carboxylic acids is 2. The molecule has 10 heteroatoms. The van der Waals surface area contributed by atoms with Crippen molar-refractivity contribution in [2.75, 3.05) is 30.3 Å². The zero-order chi connectivity index (χ0) is 27.4. The number of nitrogens with one attached hydrogen (secondary N) is 1. The van der Waals surface area contributed by atoms with Crippen molar-refractivity contribution < 1.29 is 22.7 Å². The van der Waals surface area contributed by atoms with Gasteiger partial charge < -0.3 is 15.0 Å². The Morgan fingerprint density at radius 2 is 1.73 bits per heavy atom. The minimum absolute atomic E-state index is 0.0892. The zero-order valence-electron chi connectivity index (χ0n) is 22.1. The van der Waals surface area contributed by atoms with Gasteiger partial charge in [0, 0.05) is 30.5 Å². The van der Waals surface area contributed by atoms with E-state index in [1.165, 1.54) is 4.31 Å². The molecule has 0 heterocycles. The van der Waals surface area contributed by atoms with Gasteiger partial charge in [-0.05, 0) is 56.5 Å². The number of para-hydroxylation sites is 2. The van der Waals surface area contributed by atoms with Gasteiger partial charge in [-0.25, -0.2) is 8.42 Å². The van der Waals surface area contributed by atoms with Crippen LogP contribution < -0.4 is 14.4 Å². The number of anilines is 1. The molecule has 2 aromatic rings. The fraction of sp³-hybridized carbons (Fsp3) is 0.481. The second-order valence-electron chi connectivity index (χ2n) is 8.81. The molecule has 1 N–H and O–H groups in total. The van der Waals surface area contributed by atoms with E-state index in [9.17, 15) is 18.0 Å². The van der Waals surface area contributed by atoms with Gasteiger partial charge in [0.15, 0.2) is 0 Å². The van der Waals surface area contributed by atoms with E-state index in [0.29, 0.717) is 24.6 Å². The highest BCUT2D eigenvalue weighted by atomic mass is 79.9. The third kappa shape index (κ3) is 9.66. The first-order valence-electron chi connectivity index (χ1n) is 12.6. The third-order valence-corrected chi connectivity index (χ3v) is 7.56. The van der Waals surface area contributed by atoms with E-state index >= 15 is 0 Å². The van der Waals surface area contributed by atoms with E-state index in [1.807, 2.05) is 38.1 Å². The monoisotopic (exact) mass is 595 g/mol. The maximum atomic E-state index is 13.4. The van der Waals surface area contributed by atoms with E-state index < -0.39 is 16.1 Å². The number of benzene rings is 2. The Balaban J connectivity index is 2.17. The Bertz CT molecular complexity index is 1130. The highest BCUT2D eigenvalue weighted by molar-refractivity contribution is 9.10. The number of amides is 2. The first-order chi connectivity index (χ1) is 17.6. The molecule has 0 unspecified atom stereocenters. The van der Waals surface area contributed by atoms with Gasteiger partial charge in [-0.3, -0.25) is 13.9 Å². The van der Waals surface area contributed by atoms with E-state index in [1.54, 1.807) is 36.1 Å². The Morgan fingerprint density at radius 1 is 1.05 bits per heavy atom. The minimum Gasteiger partial charge on any atom is -0.492 e. The summed E-state index contributed by atoms with van der Waals surface area (Å²) in [5.74, 6) is 0.0471. The number of sulfonamides is 1. The molecule has 1 atom stereocenters. The molecule has 0 saturated carbocycles. The quantitative estimate of drug-likeness (QED) is 0.300. The standard InChI is InChI=1S/C27H38BrN3O5S/c1-5-7-18-29-27(33)21(3)30(20-22-14-16-23(28)17-15-22)26(32)13-10-19-31(37(4,34)35)24-11-8-9-12-25(24)36-6-2/h8-9,11-12,14-17,21H,5-7,10,13,18-20H2,1-4H3,(H,29,33)/t21-/m1/s1. The average molecular weight is 597 g/mol. The molecule has 0 aliphatic heterocycles. The predicted octanol–water partition coefficient (Wildman–Crippen LogP) is 4.73. The van der Waals surface area contributed by atoms with Crippen LogP contribution in [0.2, 0.25) is 0 Å². The van der Waals surface area contributed by atoms with Crippen molar-refractivity contribution in [3.63, 3.8) is 0 Å². The fourth-order valence-electron chi connectivity index (χ4n) is 3.83. The number of rotatable bonds is 15. The van der Waals surface area contributed by atoms with Crippen LogP contribution in [0.25, 0.3) is 0 Å². The van der Waals surface area contributed by atoms with Gasteiger partial charge in [0.25, 0.3) is 0 Å². The molecular weight excluding hydrogens is 558 g/mol. The molecule has 0 spiro atoms. The van der Waals surface area contributed by atoms with Gasteiger partial charge in [-0.15, -0.1) is 0 Å². The van der Waals surface area contributed by atoms with Crippen LogP contribution in [0.1, 0.15) is 52.0 Å². The first-order valence-corrected chi connectivity index (χ1v) is 15.2. The summed E-state index contributed by atoms with van der Waals surface area (Å²) >= 11 is 3.42. The SMILES string of the molecule is CCCCNC(=O)[C@@H](C)N(Cc1ccc(Br)cc1)C(=O)CCCN(c1ccccc1OCC)S(C)(=O)=O. The van der Waals surface area contributed by atoms with E-state index in [0.717, 1.165) is 29.1 Å². The molecule has 2 amide bonds. The Labute approximate surface area is 229 Å². The predicted molar refractivity (Wildman–Crippen MR) is 151 cm³/mol. The number of carbonyl (C=O) groups is 2. The van der Waals surface area contributed by atoms with Crippen molar-refractivity contribution >= 4 is 43.5 Å². The summed E-state index contributed by atoms with van der Waals surface area (Å²) < 4.78 is 33.0. The second kappa shape index (κ2) is 15.0. The lowest BCUT2D eigenvalue weighted by atomic mass is 10.1. The maximum absolute atomic E-state index is 13.4. The van der Waals surface area contributed by atoms with Crippen molar-refractivity contribution in [3.8, 4) is 5.75 Å². The van der Waals surface area contributed by atoms with Crippen LogP contribution in [0.15, 0.2) is 53.0 Å². The lowest BCUT2D eigenvalue weighted by Crippen LogP contribution is -2.48. The highest BCUT2D eigenvalue weighted by Crippen LogP contribution is 2.30. The summed E-state index contributed by atoms with van der Waals surface area (Å²) in [5, 5.41) is 2.91. The Kier molecular flexibility index (Phi) is 12.4. The normalized spacial score (nSPS) is 12.0. The van der Waals surface area contributed by atoms with Crippen molar-refractivity contribution in [1.29, 1.82) is 0 Å². The summed E-state index contributed by atoms with van der Waals surface area (Å²) in [4.78, 5) is 27.7. The van der Waals surface area contributed by atoms with Crippen LogP contribution in [0, 0.1) is 0 Å². The summed E-state index contributed by atoms with van der Waals surface area (Å²) in [6.45, 7) is 6.94. The van der Waals surface area contributed by atoms with Crippen LogP contribution in [-0.4, -0.2) is 57.1 Å². The van der Waals surface area contributed by atoms with Crippen molar-refractivity contribution in [2.45, 2.75) is 59.0 Å². The van der Waals surface area contributed by atoms with Crippen molar-refractivity contribution in [3.05, 3.63) is 58.6 Å². The minimum atomic E-state index is -3.61. The Morgan fingerprint density at radius 3 is 2.35 bits per heavy atom. The number of ether oxygens (including phenoxy) is 1. The van der Waals surface area contributed by atoms with Crippen molar-refractivity contribution in [1.82, 2.24) is 10.2 Å². The highest BCUT2D eigenvalue weighted by Gasteiger charge is 2.27. The first kappa shape index (κ1) is 30.6. The van der Waals surface area contributed by atoms with Crippen LogP contribution in [0.4, 0.5) is 5.69 Å². The van der Waals surface area contributed by atoms with Gasteiger partial charge in [0.2, 0.25) is 21.8 Å². The van der Waals surface area contributed by atoms with Crippen LogP contribution in [0.3, 0.4) is 0 Å². The number of halogens is 1. The molecule has 0 saturated heterocycles. The molecule has 37 heavy (non-hydrogen) atoms. The van der Waals surface area contributed by atoms with Crippen LogP contribution in [0.5, 0.6) is 5.75 Å². The molecule has 2 rings (SSSR count). The van der Waals surface area contributed by atoms with Gasteiger partial charge >= 0.3 is 0 Å². The number of nitrogens with zero attached hydrogens (tertiary/aromatic N) is 2. The number of unbranched alkanes of at least 4 members (excludes halogenated alkanes) is 1. The smallest absolute Gasteiger partial charge is 0.242 e. The molecular formula is C27H38BrN3O5S. The summed E-state index contributed by atoms with van der Waals surface area (Å²) in [5.41, 5.74) is 1.34. The zero-order valence-corrected chi connectivity index (χ0v) is 24.5. The van der Waals surface area contributed by atoms with Crippen molar-refractivity contribution in [2.24, 2.45) is 0 Å². The lowest BCUT2D eigenvalue weighted by Gasteiger charge is -2.29. The average Bonchev–Trinajstić information content (AvgIpc) is 2.86. The van der Waals surface area contributed by atoms with Gasteiger partial charge in [-0.1, -0.05) is 53.5 Å². The number of hydrogen-bond acceptors (Lipinski definition) is 5. The second-order valence-corrected chi connectivity index (χ2v) is 11.6. The molecule has 204 valence electrons. The lowest BCUT2D eigenvalue weighted by molar-refractivity contribution is -0.140. The molecule has 2 aromatic carbocycles. The molecule has 0 radical (unpaired) electrons. The largest absolute Gasteiger partial charge is 0.492 e. The van der Waals surface area contributed by atoms with E-state index in [-0.39, 0.29) is 37.7 Å². The topological polar surface area (TPSA) is 96.0 Å². The van der Waals surface area contributed by atoms with E-state index in [2.05, 4.69) is 21.2 Å². The van der Waals surface area contributed by atoms with Crippen LogP contribution >= 0.6 is 15.9 Å². The number of hydrogen-bond donors (Lipinski definition) is 1. The third-order valence-electron chi connectivity index (χ3n) is 5.85. The Hall–Kier alpha value is -2.59. The molecule has 0 aliphatic rings. The van der Waals surface area contributed by atoms with Gasteiger partial charge in [-0.2, -0.15) is 0 Å². The molecule has 0 aliphatic carbocycles.